The molecule has 1 fully saturated rings. The highest BCUT2D eigenvalue weighted by Crippen LogP contribution is 2.11. The van der Waals surface area contributed by atoms with Crippen LogP contribution in [0.3, 0.4) is 0 Å². The summed E-state index contributed by atoms with van der Waals surface area (Å²) in [7, 11) is 1.86. The zero-order valence-electron chi connectivity index (χ0n) is 9.91. The molecule has 0 radical (unpaired) electrons. The lowest BCUT2D eigenvalue weighted by atomic mass is 10.1. The van der Waals surface area contributed by atoms with Gasteiger partial charge in [0.1, 0.15) is 6.04 Å². The molecule has 1 aromatic heterocycles. The van der Waals surface area contributed by atoms with Gasteiger partial charge in [0.2, 0.25) is 0 Å². The van der Waals surface area contributed by atoms with Crippen molar-refractivity contribution < 1.29 is 9.90 Å². The van der Waals surface area contributed by atoms with E-state index in [0.29, 0.717) is 6.54 Å². The quantitative estimate of drug-likeness (QED) is 0.815. The first-order chi connectivity index (χ1) is 8.16. The number of carboxylic acids is 1. The number of pyridine rings is 1. The molecule has 92 valence electrons. The van der Waals surface area contributed by atoms with E-state index in [4.69, 9.17) is 5.11 Å². The predicted molar refractivity (Wildman–Crippen MR) is 63.6 cm³/mol. The predicted octanol–water partition coefficient (Wildman–Crippen LogP) is 0.282. The molecular formula is C12H17N3O2. The molecule has 0 amide bonds. The molecule has 5 heteroatoms. The van der Waals surface area contributed by atoms with Gasteiger partial charge < -0.3 is 5.11 Å². The molecule has 1 saturated heterocycles. The Bertz CT molecular complexity index is 383. The largest absolute Gasteiger partial charge is 0.480 e. The van der Waals surface area contributed by atoms with Crippen LogP contribution >= 0.6 is 0 Å². The highest BCUT2D eigenvalue weighted by atomic mass is 16.4. The van der Waals surface area contributed by atoms with Crippen LogP contribution in [0.1, 0.15) is 5.56 Å². The third-order valence-corrected chi connectivity index (χ3v) is 3.15. The van der Waals surface area contributed by atoms with Crippen molar-refractivity contribution in [2.45, 2.75) is 12.6 Å². The maximum Gasteiger partial charge on any atom is 0.322 e. The minimum Gasteiger partial charge on any atom is -0.480 e. The molecule has 17 heavy (non-hydrogen) atoms. The number of hydrogen-bond donors (Lipinski definition) is 1. The van der Waals surface area contributed by atoms with Crippen LogP contribution in [0, 0.1) is 0 Å². The van der Waals surface area contributed by atoms with E-state index < -0.39 is 12.0 Å². The average molecular weight is 235 g/mol. The fraction of sp³-hybridized carbons (Fsp3) is 0.500. The number of piperazine rings is 1. The van der Waals surface area contributed by atoms with Crippen molar-refractivity contribution in [3.8, 4) is 0 Å². The van der Waals surface area contributed by atoms with Crippen LogP contribution in [0.25, 0.3) is 0 Å². The van der Waals surface area contributed by atoms with Gasteiger partial charge in [-0.2, -0.15) is 0 Å². The molecule has 2 rings (SSSR count). The lowest BCUT2D eigenvalue weighted by Gasteiger charge is -2.37. The minimum atomic E-state index is -0.747. The Hall–Kier alpha value is -1.46. The SMILES string of the molecule is CN1CCN(Cc2cccnc2)CC1C(=O)O. The van der Waals surface area contributed by atoms with Crippen molar-refractivity contribution in [2.24, 2.45) is 0 Å². The van der Waals surface area contributed by atoms with E-state index in [1.807, 2.05) is 30.3 Å². The molecule has 1 atom stereocenters. The number of rotatable bonds is 3. The Balaban J connectivity index is 1.97. The normalized spacial score (nSPS) is 22.5. The summed E-state index contributed by atoms with van der Waals surface area (Å²) in [6.07, 6.45) is 3.57. The van der Waals surface area contributed by atoms with Gasteiger partial charge in [0.25, 0.3) is 0 Å². The van der Waals surface area contributed by atoms with E-state index in [1.54, 1.807) is 6.20 Å². The fourth-order valence-electron chi connectivity index (χ4n) is 2.09. The van der Waals surface area contributed by atoms with Crippen molar-refractivity contribution in [1.29, 1.82) is 0 Å². The second kappa shape index (κ2) is 5.25. The van der Waals surface area contributed by atoms with E-state index in [9.17, 15) is 4.79 Å². The minimum absolute atomic E-state index is 0.402. The van der Waals surface area contributed by atoms with Crippen LogP contribution in [-0.2, 0) is 11.3 Å². The third kappa shape index (κ3) is 3.01. The van der Waals surface area contributed by atoms with Gasteiger partial charge in [0.05, 0.1) is 0 Å². The summed E-state index contributed by atoms with van der Waals surface area (Å²) < 4.78 is 0. The second-order valence-electron chi connectivity index (χ2n) is 4.43. The first-order valence-electron chi connectivity index (χ1n) is 5.71. The maximum atomic E-state index is 11.1. The molecule has 0 bridgehead atoms. The van der Waals surface area contributed by atoms with Gasteiger partial charge in [-0.15, -0.1) is 0 Å². The Labute approximate surface area is 101 Å². The summed E-state index contributed by atoms with van der Waals surface area (Å²) in [6.45, 7) is 3.03. The second-order valence-corrected chi connectivity index (χ2v) is 4.43. The standard InChI is InChI=1S/C12H17N3O2/c1-14-5-6-15(9-11(14)12(16)17)8-10-3-2-4-13-7-10/h2-4,7,11H,5-6,8-9H2,1H3,(H,16,17). The highest BCUT2D eigenvalue weighted by molar-refractivity contribution is 5.73. The number of hydrogen-bond acceptors (Lipinski definition) is 4. The Morgan fingerprint density at radius 3 is 3.06 bits per heavy atom. The van der Waals surface area contributed by atoms with Crippen LogP contribution in [0.15, 0.2) is 24.5 Å². The lowest BCUT2D eigenvalue weighted by Crippen LogP contribution is -2.54. The summed E-state index contributed by atoms with van der Waals surface area (Å²) in [4.78, 5) is 19.2. The molecule has 0 saturated carbocycles. The van der Waals surface area contributed by atoms with Gasteiger partial charge in [0, 0.05) is 38.6 Å². The number of aromatic nitrogens is 1. The van der Waals surface area contributed by atoms with E-state index in [0.717, 1.165) is 25.2 Å². The number of nitrogens with zero attached hydrogens (tertiary/aromatic N) is 3. The molecule has 1 N–H and O–H groups in total. The molecule has 0 aliphatic carbocycles. The summed E-state index contributed by atoms with van der Waals surface area (Å²) in [6, 6.07) is 3.52. The maximum absolute atomic E-state index is 11.1. The van der Waals surface area contributed by atoms with Gasteiger partial charge in [-0.25, -0.2) is 0 Å². The molecule has 1 aromatic rings. The van der Waals surface area contributed by atoms with Crippen molar-refractivity contribution >= 4 is 5.97 Å². The van der Waals surface area contributed by atoms with Gasteiger partial charge in [-0.05, 0) is 18.7 Å². The van der Waals surface area contributed by atoms with Crippen LogP contribution in [0.5, 0.6) is 0 Å². The number of aliphatic carboxylic acids is 1. The number of carbonyl (C=O) groups is 1. The zero-order chi connectivity index (χ0) is 12.3. The van der Waals surface area contributed by atoms with Gasteiger partial charge in [0.15, 0.2) is 0 Å². The molecule has 1 aliphatic heterocycles. The Kier molecular flexibility index (Phi) is 3.71. The number of likely N-dealkylation sites (N-methyl/N-ethyl adjacent to an activating group) is 1. The van der Waals surface area contributed by atoms with Crippen molar-refractivity contribution in [1.82, 2.24) is 14.8 Å². The molecule has 0 spiro atoms. The summed E-state index contributed by atoms with van der Waals surface area (Å²) >= 11 is 0. The van der Waals surface area contributed by atoms with Crippen LogP contribution in [-0.4, -0.2) is 58.6 Å². The van der Waals surface area contributed by atoms with Crippen molar-refractivity contribution in [3.63, 3.8) is 0 Å². The zero-order valence-corrected chi connectivity index (χ0v) is 9.91. The molecule has 2 heterocycles. The molecule has 1 aliphatic rings. The third-order valence-electron chi connectivity index (χ3n) is 3.15. The van der Waals surface area contributed by atoms with Crippen LogP contribution in [0.2, 0.25) is 0 Å². The van der Waals surface area contributed by atoms with Gasteiger partial charge in [-0.1, -0.05) is 6.07 Å². The summed E-state index contributed by atoms with van der Waals surface area (Å²) in [5.74, 6) is -0.747. The average Bonchev–Trinajstić information content (AvgIpc) is 2.32. The lowest BCUT2D eigenvalue weighted by molar-refractivity contribution is -0.145. The van der Waals surface area contributed by atoms with Crippen LogP contribution < -0.4 is 0 Å². The molecule has 0 aromatic carbocycles. The van der Waals surface area contributed by atoms with E-state index in [1.165, 1.54) is 0 Å². The first-order valence-corrected chi connectivity index (χ1v) is 5.71. The molecular weight excluding hydrogens is 218 g/mol. The van der Waals surface area contributed by atoms with E-state index in [2.05, 4.69) is 9.88 Å². The van der Waals surface area contributed by atoms with Gasteiger partial charge >= 0.3 is 5.97 Å². The number of carboxylic acid groups (broad SMARTS) is 1. The molecule has 5 nitrogen and oxygen atoms in total. The smallest absolute Gasteiger partial charge is 0.322 e. The molecule has 1 unspecified atom stereocenters. The summed E-state index contributed by atoms with van der Waals surface area (Å²) in [5, 5.41) is 9.11. The fourth-order valence-corrected chi connectivity index (χ4v) is 2.09. The summed E-state index contributed by atoms with van der Waals surface area (Å²) in [5.41, 5.74) is 1.13. The van der Waals surface area contributed by atoms with E-state index in [-0.39, 0.29) is 0 Å². The highest BCUT2D eigenvalue weighted by Gasteiger charge is 2.29. The Morgan fingerprint density at radius 2 is 2.41 bits per heavy atom. The van der Waals surface area contributed by atoms with E-state index >= 15 is 0 Å². The van der Waals surface area contributed by atoms with Crippen molar-refractivity contribution in [2.75, 3.05) is 26.7 Å². The first kappa shape index (κ1) is 12.0. The Morgan fingerprint density at radius 1 is 1.59 bits per heavy atom. The monoisotopic (exact) mass is 235 g/mol. The van der Waals surface area contributed by atoms with Crippen LogP contribution in [0.4, 0.5) is 0 Å². The van der Waals surface area contributed by atoms with Gasteiger partial charge in [-0.3, -0.25) is 19.6 Å². The topological polar surface area (TPSA) is 56.7 Å². The van der Waals surface area contributed by atoms with Crippen molar-refractivity contribution in [3.05, 3.63) is 30.1 Å².